The largest absolute Gasteiger partial charge is 0.508 e. The first-order valence-corrected chi connectivity index (χ1v) is 16.8. The van der Waals surface area contributed by atoms with E-state index in [4.69, 9.17) is 16.1 Å². The van der Waals surface area contributed by atoms with Crippen molar-refractivity contribution in [3.63, 3.8) is 0 Å². The minimum absolute atomic E-state index is 0.0215. The summed E-state index contributed by atoms with van der Waals surface area (Å²) in [6, 6.07) is 7.16. The van der Waals surface area contributed by atoms with E-state index in [0.29, 0.717) is 37.2 Å². The number of fused-ring (bicyclic) bond motifs is 3. The van der Waals surface area contributed by atoms with E-state index in [1.54, 1.807) is 0 Å². The molecule has 2 atom stereocenters. The molecule has 0 spiro atoms. The molecule has 0 unspecified atom stereocenters. The van der Waals surface area contributed by atoms with Crippen molar-refractivity contribution in [1.82, 2.24) is 25.2 Å². The van der Waals surface area contributed by atoms with Crippen LogP contribution in [0.5, 0.6) is 11.8 Å². The first-order chi connectivity index (χ1) is 24.1. The van der Waals surface area contributed by atoms with Gasteiger partial charge in [0.1, 0.15) is 35.2 Å². The van der Waals surface area contributed by atoms with Crippen molar-refractivity contribution >= 4 is 33.4 Å². The van der Waals surface area contributed by atoms with E-state index in [-0.39, 0.29) is 57.0 Å². The molecule has 0 radical (unpaired) electrons. The van der Waals surface area contributed by atoms with Crippen molar-refractivity contribution in [2.24, 2.45) is 5.41 Å². The van der Waals surface area contributed by atoms with Crippen LogP contribution >= 0.6 is 0 Å². The van der Waals surface area contributed by atoms with Gasteiger partial charge in [0.05, 0.1) is 34.0 Å². The summed E-state index contributed by atoms with van der Waals surface area (Å²) >= 11 is 0. The minimum atomic E-state index is -0.889. The number of pyridine rings is 1. The number of aromatic hydroxyl groups is 1. The second-order valence-corrected chi connectivity index (χ2v) is 13.7. The number of nitriles is 1. The number of rotatable bonds is 7. The van der Waals surface area contributed by atoms with Crippen LogP contribution in [0.3, 0.4) is 0 Å². The van der Waals surface area contributed by atoms with Crippen molar-refractivity contribution < 1.29 is 23.4 Å². The van der Waals surface area contributed by atoms with Gasteiger partial charge in [-0.3, -0.25) is 14.7 Å². The lowest BCUT2D eigenvalue weighted by Gasteiger charge is -2.33. The standard InChI is InChI=1S/C38H37F2N7O3/c1-4-25-28(39)10-9-23-17-24(48)18-26(31(23)25)33-32(40)34-27(19-42-33)35(45-36(44-34)50-22-38-12-7-15-47(38)16-8-13-38)46-14-6-11-37(3,21-41)29(20-46)43-30(49)5-2/h1,5,9-10,17-19,29,48H,2,6-8,11-16,20,22H2,3H3,(H,43,49)/t29-,37-/m1/s1. The number of hydrogen-bond acceptors (Lipinski definition) is 9. The predicted molar refractivity (Wildman–Crippen MR) is 185 cm³/mol. The lowest BCUT2D eigenvalue weighted by molar-refractivity contribution is -0.117. The molecule has 50 heavy (non-hydrogen) atoms. The van der Waals surface area contributed by atoms with E-state index in [2.05, 4.69) is 38.8 Å². The molecule has 12 heteroatoms. The Bertz CT molecular complexity index is 2120. The predicted octanol–water partition coefficient (Wildman–Crippen LogP) is 5.62. The molecule has 0 bridgehead atoms. The summed E-state index contributed by atoms with van der Waals surface area (Å²) in [4.78, 5) is 30.7. The van der Waals surface area contributed by atoms with Crippen LogP contribution in [0.1, 0.15) is 51.0 Å². The molecule has 256 valence electrons. The molecule has 0 aliphatic carbocycles. The molecule has 2 aromatic heterocycles. The molecule has 1 amide bonds. The van der Waals surface area contributed by atoms with E-state index < -0.39 is 29.0 Å². The number of carbonyl (C=O) groups is 1. The highest BCUT2D eigenvalue weighted by atomic mass is 19.1. The maximum Gasteiger partial charge on any atom is 0.319 e. The van der Waals surface area contributed by atoms with Gasteiger partial charge in [-0.25, -0.2) is 8.78 Å². The summed E-state index contributed by atoms with van der Waals surface area (Å²) in [5.41, 5.74) is -1.27. The Labute approximate surface area is 288 Å². The van der Waals surface area contributed by atoms with E-state index in [1.807, 2.05) is 11.8 Å². The zero-order chi connectivity index (χ0) is 35.2. The lowest BCUT2D eigenvalue weighted by atomic mass is 9.80. The van der Waals surface area contributed by atoms with Crippen LogP contribution < -0.4 is 15.0 Å². The van der Waals surface area contributed by atoms with Crippen LogP contribution in [0, 0.1) is 40.7 Å². The van der Waals surface area contributed by atoms with E-state index >= 15 is 4.39 Å². The number of anilines is 1. The molecule has 3 aliphatic rings. The molecular weight excluding hydrogens is 640 g/mol. The number of aromatic nitrogens is 3. The molecule has 2 N–H and O–H groups in total. The number of phenolic OH excluding ortho intramolecular Hbond substituents is 1. The maximum absolute atomic E-state index is 17.0. The fourth-order valence-corrected chi connectivity index (χ4v) is 8.01. The molecule has 3 saturated heterocycles. The van der Waals surface area contributed by atoms with Gasteiger partial charge >= 0.3 is 6.01 Å². The molecule has 0 saturated carbocycles. The van der Waals surface area contributed by atoms with Crippen molar-refractivity contribution in [1.29, 1.82) is 5.26 Å². The van der Waals surface area contributed by atoms with Gasteiger partial charge in [0, 0.05) is 30.2 Å². The number of phenols is 1. The topological polar surface area (TPSA) is 128 Å². The lowest BCUT2D eigenvalue weighted by Crippen LogP contribution is -2.50. The Hall–Kier alpha value is -5.33. The number of benzene rings is 2. The summed E-state index contributed by atoms with van der Waals surface area (Å²) in [7, 11) is 0. The SMILES string of the molecule is C#Cc1c(F)ccc2cc(O)cc(-c3ncc4c(N5CCC[C@](C)(C#N)[C@H](NC(=O)C=C)C5)nc(OCC56CCCN5CCC6)nc4c3F)c12. The number of hydrogen-bond donors (Lipinski definition) is 2. The van der Waals surface area contributed by atoms with Crippen LogP contribution in [-0.2, 0) is 4.79 Å². The summed E-state index contributed by atoms with van der Waals surface area (Å²) in [5, 5.41) is 24.6. The summed E-state index contributed by atoms with van der Waals surface area (Å²) in [6.45, 7) is 8.35. The smallest absolute Gasteiger partial charge is 0.319 e. The highest BCUT2D eigenvalue weighted by Gasteiger charge is 2.45. The average Bonchev–Trinajstić information content (AvgIpc) is 3.65. The van der Waals surface area contributed by atoms with Crippen molar-refractivity contribution in [2.45, 2.75) is 57.0 Å². The van der Waals surface area contributed by atoms with Gasteiger partial charge in [-0.05, 0) is 88.2 Å². The first-order valence-electron chi connectivity index (χ1n) is 16.8. The second kappa shape index (κ2) is 12.8. The maximum atomic E-state index is 17.0. The van der Waals surface area contributed by atoms with Gasteiger partial charge in [-0.1, -0.05) is 18.6 Å². The third-order valence-corrected chi connectivity index (χ3v) is 10.7. The number of nitrogens with one attached hydrogen (secondary N) is 1. The summed E-state index contributed by atoms with van der Waals surface area (Å²) in [5.74, 6) is 0.624. The zero-order valence-corrected chi connectivity index (χ0v) is 27.8. The first kappa shape index (κ1) is 33.2. The number of terminal acetylenes is 1. The average molecular weight is 678 g/mol. The van der Waals surface area contributed by atoms with E-state index in [1.165, 1.54) is 30.5 Å². The van der Waals surface area contributed by atoms with Crippen LogP contribution in [-0.4, -0.2) is 75.2 Å². The molecule has 7 rings (SSSR count). The number of halogens is 2. The fourth-order valence-electron chi connectivity index (χ4n) is 8.01. The summed E-state index contributed by atoms with van der Waals surface area (Å²) in [6.07, 6.45) is 13.5. The Balaban J connectivity index is 1.39. The number of carbonyl (C=O) groups excluding carboxylic acids is 1. The third kappa shape index (κ3) is 5.63. The van der Waals surface area contributed by atoms with E-state index in [9.17, 15) is 19.6 Å². The second-order valence-electron chi connectivity index (χ2n) is 13.7. The molecule has 3 fully saturated rings. The van der Waals surface area contributed by atoms with Gasteiger partial charge in [-0.15, -0.1) is 6.42 Å². The highest BCUT2D eigenvalue weighted by Crippen LogP contribution is 2.42. The number of amides is 1. The zero-order valence-electron chi connectivity index (χ0n) is 27.8. The summed E-state index contributed by atoms with van der Waals surface area (Å²) < 4.78 is 38.3. The van der Waals surface area contributed by atoms with Crippen molar-refractivity contribution in [3.8, 4) is 41.4 Å². The Morgan fingerprint density at radius 3 is 2.68 bits per heavy atom. The van der Waals surface area contributed by atoms with E-state index in [0.717, 1.165) is 44.8 Å². The monoisotopic (exact) mass is 677 g/mol. The van der Waals surface area contributed by atoms with Gasteiger partial charge in [0.2, 0.25) is 5.91 Å². The van der Waals surface area contributed by atoms with Gasteiger partial charge < -0.3 is 20.1 Å². The molecule has 4 aromatic rings. The van der Waals surface area contributed by atoms with Gasteiger partial charge in [0.25, 0.3) is 0 Å². The Kier molecular flexibility index (Phi) is 8.53. The van der Waals surface area contributed by atoms with Crippen molar-refractivity contribution in [3.05, 3.63) is 60.3 Å². The minimum Gasteiger partial charge on any atom is -0.508 e. The third-order valence-electron chi connectivity index (χ3n) is 10.7. The molecule has 5 heterocycles. The molecule has 3 aliphatic heterocycles. The van der Waals surface area contributed by atoms with Crippen LogP contribution in [0.15, 0.2) is 43.1 Å². The number of nitrogens with zero attached hydrogens (tertiary/aromatic N) is 6. The highest BCUT2D eigenvalue weighted by molar-refractivity contribution is 6.03. The molecular formula is C38H37F2N7O3. The van der Waals surface area contributed by atoms with Crippen LogP contribution in [0.2, 0.25) is 0 Å². The van der Waals surface area contributed by atoms with Crippen molar-refractivity contribution in [2.75, 3.05) is 37.7 Å². The number of ether oxygens (including phenoxy) is 1. The fraction of sp³-hybridized carbons (Fsp3) is 0.395. The molecule has 2 aromatic carbocycles. The Morgan fingerprint density at radius 1 is 1.20 bits per heavy atom. The van der Waals surface area contributed by atoms with Gasteiger partial charge in [-0.2, -0.15) is 15.2 Å². The van der Waals surface area contributed by atoms with Crippen LogP contribution in [0.4, 0.5) is 14.6 Å². The Morgan fingerprint density at radius 2 is 1.96 bits per heavy atom. The normalized spacial score (nSPS) is 21.7. The van der Waals surface area contributed by atoms with Crippen LogP contribution in [0.25, 0.3) is 32.9 Å². The molecule has 10 nitrogen and oxygen atoms in total. The van der Waals surface area contributed by atoms with Gasteiger partial charge in [0.15, 0.2) is 5.82 Å². The quantitative estimate of drug-likeness (QED) is 0.189.